The predicted molar refractivity (Wildman–Crippen MR) is 84.6 cm³/mol. The van der Waals surface area contributed by atoms with Crippen molar-refractivity contribution >= 4 is 23.2 Å². The van der Waals surface area contributed by atoms with Gasteiger partial charge < -0.3 is 4.74 Å². The Bertz CT molecular complexity index is 606. The summed E-state index contributed by atoms with van der Waals surface area (Å²) in [4.78, 5) is 13.9. The Kier molecular flexibility index (Phi) is 4.74. The Morgan fingerprint density at radius 1 is 1.15 bits per heavy atom. The molecule has 1 aromatic heterocycles. The van der Waals surface area contributed by atoms with Gasteiger partial charge in [0.25, 0.3) is 0 Å². The fourth-order valence-corrected chi connectivity index (χ4v) is 2.54. The summed E-state index contributed by atoms with van der Waals surface area (Å²) in [5, 5.41) is 0. The summed E-state index contributed by atoms with van der Waals surface area (Å²) < 4.78 is 5.58. The van der Waals surface area contributed by atoms with E-state index in [1.165, 1.54) is 11.3 Å². The lowest BCUT2D eigenvalue weighted by Gasteiger charge is -2.09. The third-order valence-electron chi connectivity index (χ3n) is 2.66. The van der Waals surface area contributed by atoms with Gasteiger partial charge in [-0.3, -0.25) is 4.79 Å². The van der Waals surface area contributed by atoms with Gasteiger partial charge >= 0.3 is 0 Å². The second kappa shape index (κ2) is 6.53. The molecule has 0 saturated heterocycles. The highest BCUT2D eigenvalue weighted by Crippen LogP contribution is 2.18. The third kappa shape index (κ3) is 4.07. The molecule has 1 aromatic carbocycles. The first kappa shape index (κ1) is 14.5. The van der Waals surface area contributed by atoms with Crippen LogP contribution in [0.4, 0.5) is 0 Å². The molecule has 0 atom stereocenters. The summed E-state index contributed by atoms with van der Waals surface area (Å²) in [6, 6.07) is 11.6. The molecule has 0 spiro atoms. The average Bonchev–Trinajstić information content (AvgIpc) is 2.84. The van der Waals surface area contributed by atoms with Crippen molar-refractivity contribution in [2.45, 2.75) is 26.9 Å². The number of benzene rings is 1. The molecule has 2 aromatic rings. The molecule has 0 unspecified atom stereocenters. The van der Waals surface area contributed by atoms with Crippen LogP contribution in [0, 0.1) is 6.92 Å². The minimum absolute atomic E-state index is 0.0469. The van der Waals surface area contributed by atoms with E-state index in [1.54, 1.807) is 6.08 Å². The maximum absolute atomic E-state index is 11.9. The number of hydrogen-bond donors (Lipinski definition) is 0. The molecule has 1 heterocycles. The van der Waals surface area contributed by atoms with E-state index < -0.39 is 0 Å². The zero-order valence-corrected chi connectivity index (χ0v) is 12.7. The molecule has 2 rings (SSSR count). The minimum Gasteiger partial charge on any atom is -0.491 e. The number of thiophene rings is 1. The molecule has 3 heteroatoms. The number of allylic oxidation sites excluding steroid dienone is 1. The SMILES string of the molecule is Cc1ccc(C(=O)/C=C/c2ccc(OC(C)C)cc2)s1. The molecule has 2 nitrogen and oxygen atoms in total. The molecule has 0 amide bonds. The van der Waals surface area contributed by atoms with E-state index >= 15 is 0 Å². The van der Waals surface area contributed by atoms with E-state index in [4.69, 9.17) is 4.74 Å². The summed E-state index contributed by atoms with van der Waals surface area (Å²) in [5.74, 6) is 0.892. The molecule has 0 aliphatic rings. The normalized spacial score (nSPS) is 11.2. The van der Waals surface area contributed by atoms with Crippen LogP contribution in [0.3, 0.4) is 0 Å². The van der Waals surface area contributed by atoms with Gasteiger partial charge in [-0.2, -0.15) is 0 Å². The predicted octanol–water partition coefficient (Wildman–Crippen LogP) is 4.74. The Balaban J connectivity index is 2.02. The van der Waals surface area contributed by atoms with E-state index in [1.807, 2.05) is 63.2 Å². The van der Waals surface area contributed by atoms with Gasteiger partial charge in [-0.15, -0.1) is 11.3 Å². The molecular formula is C17H18O2S. The lowest BCUT2D eigenvalue weighted by atomic mass is 10.2. The molecule has 0 saturated carbocycles. The van der Waals surface area contributed by atoms with E-state index in [0.717, 1.165) is 21.1 Å². The van der Waals surface area contributed by atoms with Gasteiger partial charge in [0.05, 0.1) is 11.0 Å². The van der Waals surface area contributed by atoms with Crippen molar-refractivity contribution in [3.05, 3.63) is 57.8 Å². The summed E-state index contributed by atoms with van der Waals surface area (Å²) in [7, 11) is 0. The van der Waals surface area contributed by atoms with Crippen LogP contribution < -0.4 is 4.74 Å². The number of carbonyl (C=O) groups excluding carboxylic acids is 1. The first-order valence-electron chi connectivity index (χ1n) is 6.60. The van der Waals surface area contributed by atoms with E-state index in [-0.39, 0.29) is 11.9 Å². The fraction of sp³-hybridized carbons (Fsp3) is 0.235. The number of ether oxygens (including phenoxy) is 1. The Morgan fingerprint density at radius 2 is 1.85 bits per heavy atom. The topological polar surface area (TPSA) is 26.3 Å². The maximum Gasteiger partial charge on any atom is 0.195 e. The van der Waals surface area contributed by atoms with Crippen LogP contribution in [0.2, 0.25) is 0 Å². The van der Waals surface area contributed by atoms with E-state index in [9.17, 15) is 4.79 Å². The Hall–Kier alpha value is -1.87. The maximum atomic E-state index is 11.9. The molecule has 0 fully saturated rings. The summed E-state index contributed by atoms with van der Waals surface area (Å²) in [6.45, 7) is 5.99. The molecule has 0 bridgehead atoms. The van der Waals surface area contributed by atoms with Crippen LogP contribution >= 0.6 is 11.3 Å². The second-order valence-electron chi connectivity index (χ2n) is 4.84. The lowest BCUT2D eigenvalue weighted by Crippen LogP contribution is -2.05. The quantitative estimate of drug-likeness (QED) is 0.586. The highest BCUT2D eigenvalue weighted by Gasteiger charge is 2.04. The highest BCUT2D eigenvalue weighted by atomic mass is 32.1. The molecule has 0 N–H and O–H groups in total. The van der Waals surface area contributed by atoms with Gasteiger partial charge in [-0.05, 0) is 56.7 Å². The van der Waals surface area contributed by atoms with Crippen LogP contribution in [0.15, 0.2) is 42.5 Å². The number of hydrogen-bond acceptors (Lipinski definition) is 3. The van der Waals surface area contributed by atoms with Crippen molar-refractivity contribution in [2.75, 3.05) is 0 Å². The summed E-state index contributed by atoms with van der Waals surface area (Å²) in [5.41, 5.74) is 0.989. The van der Waals surface area contributed by atoms with Crippen LogP contribution in [-0.4, -0.2) is 11.9 Å². The van der Waals surface area contributed by atoms with Crippen molar-refractivity contribution in [3.63, 3.8) is 0 Å². The van der Waals surface area contributed by atoms with Gasteiger partial charge in [0.1, 0.15) is 5.75 Å². The number of rotatable bonds is 5. The number of carbonyl (C=O) groups is 1. The Labute approximate surface area is 123 Å². The molecule has 0 aliphatic carbocycles. The van der Waals surface area contributed by atoms with Crippen LogP contribution in [0.5, 0.6) is 5.75 Å². The summed E-state index contributed by atoms with van der Waals surface area (Å²) >= 11 is 1.52. The number of ketones is 1. The first-order valence-corrected chi connectivity index (χ1v) is 7.42. The first-order chi connectivity index (χ1) is 9.54. The van der Waals surface area contributed by atoms with E-state index in [0.29, 0.717) is 0 Å². The zero-order valence-electron chi connectivity index (χ0n) is 11.9. The molecule has 0 radical (unpaired) electrons. The van der Waals surface area contributed by atoms with Gasteiger partial charge in [-0.1, -0.05) is 18.2 Å². The van der Waals surface area contributed by atoms with Crippen molar-refractivity contribution in [3.8, 4) is 5.75 Å². The van der Waals surface area contributed by atoms with E-state index in [2.05, 4.69) is 0 Å². The van der Waals surface area contributed by atoms with Crippen molar-refractivity contribution < 1.29 is 9.53 Å². The highest BCUT2D eigenvalue weighted by molar-refractivity contribution is 7.14. The van der Waals surface area contributed by atoms with Crippen molar-refractivity contribution in [1.29, 1.82) is 0 Å². The van der Waals surface area contributed by atoms with Crippen LogP contribution in [0.25, 0.3) is 6.08 Å². The zero-order chi connectivity index (χ0) is 14.5. The summed E-state index contributed by atoms with van der Waals surface area (Å²) in [6.07, 6.45) is 3.61. The second-order valence-corrected chi connectivity index (χ2v) is 6.13. The van der Waals surface area contributed by atoms with Gasteiger partial charge in [0.15, 0.2) is 5.78 Å². The lowest BCUT2D eigenvalue weighted by molar-refractivity contribution is 0.105. The number of aryl methyl sites for hydroxylation is 1. The smallest absolute Gasteiger partial charge is 0.195 e. The molecule has 104 valence electrons. The van der Waals surface area contributed by atoms with Gasteiger partial charge in [0, 0.05) is 4.88 Å². The monoisotopic (exact) mass is 286 g/mol. The van der Waals surface area contributed by atoms with Crippen molar-refractivity contribution in [1.82, 2.24) is 0 Å². The standard InChI is InChI=1S/C17H18O2S/c1-12(2)19-15-8-5-14(6-9-15)7-10-16(18)17-11-4-13(3)20-17/h4-12H,1-3H3/b10-7+. The molecular weight excluding hydrogens is 268 g/mol. The van der Waals surface area contributed by atoms with Crippen LogP contribution in [-0.2, 0) is 0 Å². The van der Waals surface area contributed by atoms with Crippen molar-refractivity contribution in [2.24, 2.45) is 0 Å². The van der Waals surface area contributed by atoms with Crippen LogP contribution in [0.1, 0.15) is 34.0 Å². The minimum atomic E-state index is 0.0469. The largest absolute Gasteiger partial charge is 0.491 e. The molecule has 20 heavy (non-hydrogen) atoms. The van der Waals surface area contributed by atoms with Gasteiger partial charge in [0.2, 0.25) is 0 Å². The molecule has 0 aliphatic heterocycles. The average molecular weight is 286 g/mol. The Morgan fingerprint density at radius 3 is 2.40 bits per heavy atom. The fourth-order valence-electron chi connectivity index (χ4n) is 1.75. The van der Waals surface area contributed by atoms with Gasteiger partial charge in [-0.25, -0.2) is 0 Å². The third-order valence-corrected chi connectivity index (χ3v) is 3.68.